The van der Waals surface area contributed by atoms with Crippen LogP contribution in [0, 0.1) is 5.92 Å². The van der Waals surface area contributed by atoms with Crippen molar-refractivity contribution in [3.05, 3.63) is 0 Å². The van der Waals surface area contributed by atoms with E-state index >= 15 is 0 Å². The van der Waals surface area contributed by atoms with Gasteiger partial charge in [0.2, 0.25) is 0 Å². The van der Waals surface area contributed by atoms with E-state index in [1.165, 1.54) is 7.11 Å². The van der Waals surface area contributed by atoms with Crippen molar-refractivity contribution in [2.75, 3.05) is 47.0 Å². The molecule has 1 N–H and O–H groups in total. The van der Waals surface area contributed by atoms with Gasteiger partial charge in [-0.3, -0.25) is 9.69 Å². The van der Waals surface area contributed by atoms with E-state index < -0.39 is 5.54 Å². The molecule has 0 bridgehead atoms. The van der Waals surface area contributed by atoms with E-state index in [1.54, 1.807) is 7.11 Å². The lowest BCUT2D eigenvalue weighted by Crippen LogP contribution is -2.58. The average Bonchev–Trinajstić information content (AvgIpc) is 2.34. The molecule has 19 heavy (non-hydrogen) atoms. The number of likely N-dealkylation sites (N-methyl/N-ethyl adjacent to an activating group) is 1. The Bertz CT molecular complexity index is 259. The summed E-state index contributed by atoms with van der Waals surface area (Å²) < 4.78 is 10.1. The van der Waals surface area contributed by atoms with Crippen molar-refractivity contribution in [1.29, 1.82) is 0 Å². The molecule has 0 aliphatic rings. The second-order valence-electron chi connectivity index (χ2n) is 5.48. The number of esters is 1. The molecule has 0 aromatic carbocycles. The lowest BCUT2D eigenvalue weighted by Gasteiger charge is -2.34. The predicted molar refractivity (Wildman–Crippen MR) is 77.3 cm³/mol. The maximum Gasteiger partial charge on any atom is 0.327 e. The number of nitrogens with one attached hydrogen (secondary N) is 1. The van der Waals surface area contributed by atoms with Crippen molar-refractivity contribution in [2.24, 2.45) is 5.92 Å². The summed E-state index contributed by atoms with van der Waals surface area (Å²) in [5.74, 6) is 0.320. The van der Waals surface area contributed by atoms with Crippen molar-refractivity contribution in [1.82, 2.24) is 10.2 Å². The standard InChI is InChI=1S/C14H30N2O3/c1-7-15-14(4,13(17)19-6)11-16(8-9-18-5)10-12(2)3/h12,15H,7-11H2,1-6H3. The number of nitrogens with zero attached hydrogens (tertiary/aromatic N) is 1. The first kappa shape index (κ1) is 18.4. The molecule has 0 aromatic rings. The minimum absolute atomic E-state index is 0.222. The molecule has 0 aliphatic carbocycles. The maximum atomic E-state index is 12.0. The lowest BCUT2D eigenvalue weighted by atomic mass is 10.0. The Morgan fingerprint density at radius 3 is 2.42 bits per heavy atom. The largest absolute Gasteiger partial charge is 0.468 e. The van der Waals surface area contributed by atoms with Crippen LogP contribution in [0.4, 0.5) is 0 Å². The number of carbonyl (C=O) groups is 1. The molecule has 0 saturated carbocycles. The first-order chi connectivity index (χ1) is 8.89. The monoisotopic (exact) mass is 274 g/mol. The molecule has 0 aromatic heterocycles. The van der Waals surface area contributed by atoms with Gasteiger partial charge in [-0.1, -0.05) is 20.8 Å². The summed E-state index contributed by atoms with van der Waals surface area (Å²) in [7, 11) is 3.12. The van der Waals surface area contributed by atoms with E-state index in [0.29, 0.717) is 19.1 Å². The first-order valence-electron chi connectivity index (χ1n) is 6.94. The third-order valence-electron chi connectivity index (χ3n) is 2.98. The van der Waals surface area contributed by atoms with Crippen molar-refractivity contribution in [3.63, 3.8) is 0 Å². The van der Waals surface area contributed by atoms with Gasteiger partial charge in [-0.2, -0.15) is 0 Å². The molecule has 0 saturated heterocycles. The topological polar surface area (TPSA) is 50.8 Å². The van der Waals surface area contributed by atoms with Crippen LogP contribution >= 0.6 is 0 Å². The van der Waals surface area contributed by atoms with Crippen LogP contribution in [0.1, 0.15) is 27.7 Å². The number of rotatable bonds is 10. The Hall–Kier alpha value is -0.650. The van der Waals surface area contributed by atoms with Gasteiger partial charge in [0, 0.05) is 26.7 Å². The number of carbonyl (C=O) groups excluding carboxylic acids is 1. The number of methoxy groups -OCH3 is 2. The summed E-state index contributed by atoms with van der Waals surface area (Å²) in [6, 6.07) is 0. The van der Waals surface area contributed by atoms with E-state index in [4.69, 9.17) is 9.47 Å². The van der Waals surface area contributed by atoms with Gasteiger partial charge in [0.15, 0.2) is 0 Å². The van der Waals surface area contributed by atoms with Crippen molar-refractivity contribution >= 4 is 5.97 Å². The lowest BCUT2D eigenvalue weighted by molar-refractivity contribution is -0.148. The van der Waals surface area contributed by atoms with Crippen LogP contribution < -0.4 is 5.32 Å². The van der Waals surface area contributed by atoms with Crippen molar-refractivity contribution < 1.29 is 14.3 Å². The maximum absolute atomic E-state index is 12.0. The Kier molecular flexibility index (Phi) is 8.97. The van der Waals surface area contributed by atoms with Crippen LogP contribution in [0.2, 0.25) is 0 Å². The van der Waals surface area contributed by atoms with Gasteiger partial charge >= 0.3 is 5.97 Å². The highest BCUT2D eigenvalue weighted by Gasteiger charge is 2.35. The smallest absolute Gasteiger partial charge is 0.327 e. The number of ether oxygens (including phenoxy) is 2. The van der Waals surface area contributed by atoms with Gasteiger partial charge in [-0.25, -0.2) is 0 Å². The summed E-state index contributed by atoms with van der Waals surface area (Å²) in [6.07, 6.45) is 0. The second kappa shape index (κ2) is 9.28. The number of hydrogen-bond acceptors (Lipinski definition) is 5. The zero-order chi connectivity index (χ0) is 14.9. The summed E-state index contributed by atoms with van der Waals surface area (Å²) in [6.45, 7) is 12.0. The highest BCUT2D eigenvalue weighted by Crippen LogP contribution is 2.11. The highest BCUT2D eigenvalue weighted by molar-refractivity contribution is 5.80. The molecule has 1 unspecified atom stereocenters. The minimum Gasteiger partial charge on any atom is -0.468 e. The molecular weight excluding hydrogens is 244 g/mol. The van der Waals surface area contributed by atoms with Crippen LogP contribution in [0.25, 0.3) is 0 Å². The first-order valence-corrected chi connectivity index (χ1v) is 6.94. The number of hydrogen-bond donors (Lipinski definition) is 1. The van der Waals surface area contributed by atoms with Gasteiger partial charge in [0.1, 0.15) is 5.54 Å². The highest BCUT2D eigenvalue weighted by atomic mass is 16.5. The normalized spacial score (nSPS) is 14.7. The zero-order valence-corrected chi connectivity index (χ0v) is 13.3. The summed E-state index contributed by atoms with van der Waals surface area (Å²) >= 11 is 0. The predicted octanol–water partition coefficient (Wildman–Crippen LogP) is 1.13. The third kappa shape index (κ3) is 6.89. The fourth-order valence-corrected chi connectivity index (χ4v) is 2.23. The molecule has 0 rings (SSSR count). The molecule has 5 heteroatoms. The van der Waals surface area contributed by atoms with Crippen LogP contribution in [0.3, 0.4) is 0 Å². The van der Waals surface area contributed by atoms with Gasteiger partial charge in [-0.15, -0.1) is 0 Å². The Morgan fingerprint density at radius 1 is 1.37 bits per heavy atom. The summed E-state index contributed by atoms with van der Waals surface area (Å²) in [5.41, 5.74) is -0.674. The van der Waals surface area contributed by atoms with E-state index in [-0.39, 0.29) is 5.97 Å². The molecule has 114 valence electrons. The Balaban J connectivity index is 4.75. The minimum atomic E-state index is -0.674. The fourth-order valence-electron chi connectivity index (χ4n) is 2.23. The van der Waals surface area contributed by atoms with E-state index in [0.717, 1.165) is 19.6 Å². The molecule has 0 spiro atoms. The molecule has 5 nitrogen and oxygen atoms in total. The molecule has 0 heterocycles. The van der Waals surface area contributed by atoms with Gasteiger partial charge in [-0.05, 0) is 19.4 Å². The average molecular weight is 274 g/mol. The second-order valence-corrected chi connectivity index (χ2v) is 5.48. The van der Waals surface area contributed by atoms with E-state index in [1.807, 2.05) is 13.8 Å². The van der Waals surface area contributed by atoms with Gasteiger partial charge in [0.25, 0.3) is 0 Å². The Morgan fingerprint density at radius 2 is 2.00 bits per heavy atom. The van der Waals surface area contributed by atoms with Crippen LogP contribution in [-0.4, -0.2) is 63.4 Å². The van der Waals surface area contributed by atoms with Gasteiger partial charge < -0.3 is 14.8 Å². The van der Waals surface area contributed by atoms with E-state index in [2.05, 4.69) is 24.1 Å². The van der Waals surface area contributed by atoms with Crippen LogP contribution in [0.5, 0.6) is 0 Å². The quantitative estimate of drug-likeness (QED) is 0.605. The fraction of sp³-hybridized carbons (Fsp3) is 0.929. The summed E-state index contributed by atoms with van der Waals surface area (Å²) in [5, 5.41) is 3.23. The summed E-state index contributed by atoms with van der Waals surface area (Å²) in [4.78, 5) is 14.2. The van der Waals surface area contributed by atoms with Crippen LogP contribution in [-0.2, 0) is 14.3 Å². The zero-order valence-electron chi connectivity index (χ0n) is 13.3. The molecule has 0 fully saturated rings. The van der Waals surface area contributed by atoms with Crippen molar-refractivity contribution in [3.8, 4) is 0 Å². The molecular formula is C14H30N2O3. The van der Waals surface area contributed by atoms with Crippen LogP contribution in [0.15, 0.2) is 0 Å². The molecule has 0 amide bonds. The molecule has 1 atom stereocenters. The Labute approximate surface area is 117 Å². The van der Waals surface area contributed by atoms with Crippen molar-refractivity contribution in [2.45, 2.75) is 33.2 Å². The molecule has 0 aliphatic heterocycles. The SMILES string of the molecule is CCNC(C)(CN(CCOC)CC(C)C)C(=O)OC. The van der Waals surface area contributed by atoms with E-state index in [9.17, 15) is 4.79 Å². The molecule has 0 radical (unpaired) electrons. The third-order valence-corrected chi connectivity index (χ3v) is 2.98. The van der Waals surface area contributed by atoms with Gasteiger partial charge in [0.05, 0.1) is 13.7 Å².